The highest BCUT2D eigenvalue weighted by Gasteiger charge is 2.32. The minimum Gasteiger partial charge on any atom is -0.341 e. The molecule has 2 aromatic heterocycles. The van der Waals surface area contributed by atoms with Crippen molar-refractivity contribution in [2.75, 3.05) is 12.4 Å². The molecule has 3 rings (SSSR count). The molecule has 1 aliphatic rings. The van der Waals surface area contributed by atoms with Gasteiger partial charge in [-0.3, -0.25) is 14.5 Å². The number of rotatable bonds is 2. The molecule has 20 heavy (non-hydrogen) atoms. The Labute approximate surface area is 115 Å². The number of carbonyl (C=O) groups excluding carboxylic acids is 2. The average Bonchev–Trinajstić information content (AvgIpc) is 2.81. The zero-order chi connectivity index (χ0) is 14.3. The molecule has 3 heterocycles. The van der Waals surface area contributed by atoms with Gasteiger partial charge in [-0.15, -0.1) is 5.10 Å². The largest absolute Gasteiger partial charge is 0.341 e. The third kappa shape index (κ3) is 2.11. The van der Waals surface area contributed by atoms with E-state index in [1.807, 2.05) is 25.3 Å². The van der Waals surface area contributed by atoms with E-state index in [0.29, 0.717) is 18.8 Å². The summed E-state index contributed by atoms with van der Waals surface area (Å²) in [7, 11) is 1.50. The summed E-state index contributed by atoms with van der Waals surface area (Å²) in [6, 6.07) is 3.40. The second kappa shape index (κ2) is 4.59. The molecule has 2 aromatic rings. The Morgan fingerprint density at radius 3 is 3.00 bits per heavy atom. The maximum atomic E-state index is 12.0. The lowest BCUT2D eigenvalue weighted by molar-refractivity contribution is -0.146. The molecule has 1 aliphatic heterocycles. The standard InChI is InChI=1S/C13H15N5O2/c1-8-5-6-18-10(7-8)15-13(16-18)14-9-3-4-11(19)17(2)12(9)20/h5-7,9H,3-4H2,1-2H3,(H,14,16). The highest BCUT2D eigenvalue weighted by atomic mass is 16.2. The number of hydrogen-bond donors (Lipinski definition) is 1. The van der Waals surface area contributed by atoms with Crippen molar-refractivity contribution in [1.82, 2.24) is 19.5 Å². The van der Waals surface area contributed by atoms with Gasteiger partial charge in [-0.2, -0.15) is 4.98 Å². The number of anilines is 1. The topological polar surface area (TPSA) is 79.6 Å². The summed E-state index contributed by atoms with van der Waals surface area (Å²) >= 11 is 0. The minimum atomic E-state index is -0.448. The predicted molar refractivity (Wildman–Crippen MR) is 72.1 cm³/mol. The molecule has 1 unspecified atom stereocenters. The van der Waals surface area contributed by atoms with Crippen molar-refractivity contribution in [1.29, 1.82) is 0 Å². The second-order valence-corrected chi connectivity index (χ2v) is 4.97. The van der Waals surface area contributed by atoms with Crippen LogP contribution in [0.4, 0.5) is 5.95 Å². The minimum absolute atomic E-state index is 0.147. The second-order valence-electron chi connectivity index (χ2n) is 4.97. The van der Waals surface area contributed by atoms with Crippen molar-refractivity contribution in [2.24, 2.45) is 0 Å². The molecule has 7 nitrogen and oxygen atoms in total. The number of nitrogens with zero attached hydrogens (tertiary/aromatic N) is 4. The van der Waals surface area contributed by atoms with Crippen LogP contribution >= 0.6 is 0 Å². The van der Waals surface area contributed by atoms with Gasteiger partial charge in [0.15, 0.2) is 5.65 Å². The van der Waals surface area contributed by atoms with E-state index in [1.54, 1.807) is 4.52 Å². The smallest absolute Gasteiger partial charge is 0.251 e. The molecule has 1 N–H and O–H groups in total. The first-order valence-corrected chi connectivity index (χ1v) is 6.44. The maximum Gasteiger partial charge on any atom is 0.251 e. The Morgan fingerprint density at radius 2 is 2.20 bits per heavy atom. The monoisotopic (exact) mass is 273 g/mol. The van der Waals surface area contributed by atoms with E-state index in [4.69, 9.17) is 0 Å². The number of likely N-dealkylation sites (tertiary alicyclic amines) is 1. The van der Waals surface area contributed by atoms with E-state index in [2.05, 4.69) is 15.4 Å². The number of piperidine rings is 1. The van der Waals surface area contributed by atoms with Crippen molar-refractivity contribution in [3.63, 3.8) is 0 Å². The first-order valence-electron chi connectivity index (χ1n) is 6.44. The SMILES string of the molecule is Cc1ccn2nc(NC3CCC(=O)N(C)C3=O)nc2c1. The molecule has 0 radical (unpaired) electrons. The number of aromatic nitrogens is 3. The number of likely N-dealkylation sites (N-methyl/N-ethyl adjacent to an activating group) is 1. The van der Waals surface area contributed by atoms with Crippen LogP contribution in [0.25, 0.3) is 5.65 Å². The van der Waals surface area contributed by atoms with E-state index in [0.717, 1.165) is 16.1 Å². The average molecular weight is 273 g/mol. The Balaban J connectivity index is 1.82. The number of fused-ring (bicyclic) bond motifs is 1. The molecule has 7 heteroatoms. The first kappa shape index (κ1) is 12.6. The van der Waals surface area contributed by atoms with Gasteiger partial charge in [0.25, 0.3) is 5.91 Å². The van der Waals surface area contributed by atoms with Crippen LogP contribution in [-0.4, -0.2) is 44.4 Å². The fourth-order valence-corrected chi connectivity index (χ4v) is 2.25. The number of pyridine rings is 1. The van der Waals surface area contributed by atoms with Crippen LogP contribution in [0.15, 0.2) is 18.3 Å². The third-order valence-corrected chi connectivity index (χ3v) is 3.45. The lowest BCUT2D eigenvalue weighted by Crippen LogP contribution is -2.48. The van der Waals surface area contributed by atoms with Gasteiger partial charge >= 0.3 is 0 Å². The van der Waals surface area contributed by atoms with Gasteiger partial charge in [-0.05, 0) is 31.0 Å². The lowest BCUT2D eigenvalue weighted by Gasteiger charge is -2.27. The van der Waals surface area contributed by atoms with E-state index < -0.39 is 6.04 Å². The molecule has 2 amide bonds. The van der Waals surface area contributed by atoms with Gasteiger partial charge in [0.2, 0.25) is 11.9 Å². The normalized spacial score (nSPS) is 19.7. The number of amides is 2. The van der Waals surface area contributed by atoms with Crippen LogP contribution in [0.1, 0.15) is 18.4 Å². The predicted octanol–water partition coefficient (Wildman–Crippen LogP) is 0.597. The van der Waals surface area contributed by atoms with Gasteiger partial charge < -0.3 is 5.32 Å². The molecular weight excluding hydrogens is 258 g/mol. The van der Waals surface area contributed by atoms with Gasteiger partial charge in [-0.1, -0.05) is 0 Å². The van der Waals surface area contributed by atoms with Crippen LogP contribution in [0.3, 0.4) is 0 Å². The molecule has 0 spiro atoms. The van der Waals surface area contributed by atoms with Crippen LogP contribution in [-0.2, 0) is 9.59 Å². The number of imide groups is 1. The first-order chi connectivity index (χ1) is 9.54. The van der Waals surface area contributed by atoms with Crippen molar-refractivity contribution in [3.05, 3.63) is 23.9 Å². The molecule has 1 saturated heterocycles. The summed E-state index contributed by atoms with van der Waals surface area (Å²) in [6.07, 6.45) is 2.64. The molecule has 1 atom stereocenters. The summed E-state index contributed by atoms with van der Waals surface area (Å²) in [5, 5.41) is 7.27. The van der Waals surface area contributed by atoms with Gasteiger partial charge in [0.1, 0.15) is 6.04 Å². The van der Waals surface area contributed by atoms with E-state index >= 15 is 0 Å². The van der Waals surface area contributed by atoms with Crippen molar-refractivity contribution < 1.29 is 9.59 Å². The molecule has 0 aromatic carbocycles. The van der Waals surface area contributed by atoms with Gasteiger partial charge in [0, 0.05) is 19.7 Å². The molecule has 0 saturated carbocycles. The summed E-state index contributed by atoms with van der Waals surface area (Å²) in [5.74, 6) is 0.0135. The fraction of sp³-hybridized carbons (Fsp3) is 0.385. The van der Waals surface area contributed by atoms with Crippen LogP contribution in [0.5, 0.6) is 0 Å². The van der Waals surface area contributed by atoms with E-state index in [9.17, 15) is 9.59 Å². The van der Waals surface area contributed by atoms with Gasteiger partial charge in [-0.25, -0.2) is 4.52 Å². The summed E-state index contributed by atoms with van der Waals surface area (Å²) < 4.78 is 1.65. The van der Waals surface area contributed by atoms with Crippen LogP contribution in [0.2, 0.25) is 0 Å². The number of hydrogen-bond acceptors (Lipinski definition) is 5. The summed E-state index contributed by atoms with van der Waals surface area (Å²) in [5.41, 5.74) is 1.82. The van der Waals surface area contributed by atoms with Gasteiger partial charge in [0.05, 0.1) is 0 Å². The van der Waals surface area contributed by atoms with E-state index in [-0.39, 0.29) is 11.8 Å². The number of aryl methyl sites for hydroxylation is 1. The molecule has 0 bridgehead atoms. The maximum absolute atomic E-state index is 12.0. The Morgan fingerprint density at radius 1 is 1.40 bits per heavy atom. The van der Waals surface area contributed by atoms with Crippen molar-refractivity contribution in [3.8, 4) is 0 Å². The summed E-state index contributed by atoms with van der Waals surface area (Å²) in [6.45, 7) is 1.98. The number of nitrogens with one attached hydrogen (secondary N) is 1. The molecule has 1 fully saturated rings. The van der Waals surface area contributed by atoms with Crippen LogP contribution < -0.4 is 5.32 Å². The van der Waals surface area contributed by atoms with Crippen LogP contribution in [0, 0.1) is 6.92 Å². The lowest BCUT2D eigenvalue weighted by atomic mass is 10.1. The highest BCUT2D eigenvalue weighted by molar-refractivity contribution is 6.01. The Hall–Kier alpha value is -2.44. The van der Waals surface area contributed by atoms with E-state index in [1.165, 1.54) is 7.05 Å². The van der Waals surface area contributed by atoms with Crippen molar-refractivity contribution >= 4 is 23.4 Å². The van der Waals surface area contributed by atoms with Crippen molar-refractivity contribution in [2.45, 2.75) is 25.8 Å². The molecular formula is C13H15N5O2. The Bertz CT molecular complexity index is 693. The third-order valence-electron chi connectivity index (χ3n) is 3.45. The fourth-order valence-electron chi connectivity index (χ4n) is 2.25. The summed E-state index contributed by atoms with van der Waals surface area (Å²) in [4.78, 5) is 28.9. The Kier molecular flexibility index (Phi) is 2.89. The quantitative estimate of drug-likeness (QED) is 0.810. The molecule has 0 aliphatic carbocycles. The highest BCUT2D eigenvalue weighted by Crippen LogP contribution is 2.16. The number of carbonyl (C=O) groups is 2. The molecule has 104 valence electrons. The zero-order valence-electron chi connectivity index (χ0n) is 11.3. The zero-order valence-corrected chi connectivity index (χ0v) is 11.3.